The number of carbonyl (C=O) groups is 2. The zero-order valence-corrected chi connectivity index (χ0v) is 20.2. The molecule has 2 N–H and O–H groups in total. The molecule has 1 aromatic heterocycles. The van der Waals surface area contributed by atoms with Crippen molar-refractivity contribution in [3.8, 4) is 0 Å². The topological polar surface area (TPSA) is 74.3 Å². The Labute approximate surface area is 199 Å². The van der Waals surface area contributed by atoms with E-state index in [1.54, 1.807) is 12.1 Å². The van der Waals surface area contributed by atoms with Gasteiger partial charge in [0.15, 0.2) is 5.13 Å². The molecule has 1 aliphatic carbocycles. The molecular formula is C26H30N4O2S. The highest BCUT2D eigenvalue weighted by Gasteiger charge is 2.31. The van der Waals surface area contributed by atoms with Crippen LogP contribution in [0.2, 0.25) is 0 Å². The lowest BCUT2D eigenvalue weighted by atomic mass is 9.90. The van der Waals surface area contributed by atoms with Crippen LogP contribution in [0.1, 0.15) is 59.1 Å². The minimum Gasteiger partial charge on any atom is -0.372 e. The first-order chi connectivity index (χ1) is 16.0. The lowest BCUT2D eigenvalue weighted by Crippen LogP contribution is -2.25. The Hall–Kier alpha value is -3.19. The van der Waals surface area contributed by atoms with Crippen LogP contribution in [-0.2, 0) is 11.2 Å². The van der Waals surface area contributed by atoms with Crippen LogP contribution in [0.5, 0.6) is 0 Å². The van der Waals surface area contributed by atoms with Gasteiger partial charge in [0.25, 0.3) is 5.91 Å². The molecule has 0 saturated heterocycles. The number of amides is 2. The van der Waals surface area contributed by atoms with Gasteiger partial charge in [0.1, 0.15) is 0 Å². The van der Waals surface area contributed by atoms with E-state index >= 15 is 0 Å². The summed E-state index contributed by atoms with van der Waals surface area (Å²) < 4.78 is 0. The maximum absolute atomic E-state index is 13.2. The second-order valence-electron chi connectivity index (χ2n) is 8.25. The predicted molar refractivity (Wildman–Crippen MR) is 136 cm³/mol. The van der Waals surface area contributed by atoms with Gasteiger partial charge in [0.05, 0.1) is 11.6 Å². The fourth-order valence-corrected chi connectivity index (χ4v) is 5.34. The highest BCUT2D eigenvalue weighted by molar-refractivity contribution is 7.16. The molecule has 2 amide bonds. The highest BCUT2D eigenvalue weighted by atomic mass is 32.1. The summed E-state index contributed by atoms with van der Waals surface area (Å²) in [5, 5.41) is 6.56. The number of anilines is 3. The first-order valence-corrected chi connectivity index (χ1v) is 12.3. The molecule has 0 fully saturated rings. The molecule has 1 unspecified atom stereocenters. The molecule has 172 valence electrons. The lowest BCUT2D eigenvalue weighted by Gasteiger charge is -2.23. The molecule has 33 heavy (non-hydrogen) atoms. The lowest BCUT2D eigenvalue weighted by molar-refractivity contribution is -0.117. The van der Waals surface area contributed by atoms with Gasteiger partial charge in [-0.3, -0.25) is 14.9 Å². The van der Waals surface area contributed by atoms with Gasteiger partial charge in [-0.1, -0.05) is 18.2 Å². The fraction of sp³-hybridized carbons (Fsp3) is 0.346. The van der Waals surface area contributed by atoms with E-state index in [4.69, 9.17) is 0 Å². The molecule has 7 heteroatoms. The van der Waals surface area contributed by atoms with Crippen LogP contribution < -0.4 is 15.5 Å². The first kappa shape index (κ1) is 23.0. The number of fused-ring (bicyclic) bond motifs is 1. The van der Waals surface area contributed by atoms with Gasteiger partial charge in [-0.05, 0) is 75.9 Å². The molecule has 2 aromatic carbocycles. The predicted octanol–water partition coefficient (Wildman–Crippen LogP) is 5.61. The molecule has 1 aliphatic rings. The summed E-state index contributed by atoms with van der Waals surface area (Å²) in [4.78, 5) is 33.8. The largest absolute Gasteiger partial charge is 0.372 e. The van der Waals surface area contributed by atoms with Gasteiger partial charge in [-0.2, -0.15) is 0 Å². The van der Waals surface area contributed by atoms with Gasteiger partial charge in [-0.15, -0.1) is 11.3 Å². The van der Waals surface area contributed by atoms with E-state index in [0.29, 0.717) is 10.7 Å². The van der Waals surface area contributed by atoms with Crippen molar-refractivity contribution in [2.75, 3.05) is 28.6 Å². The van der Waals surface area contributed by atoms with Crippen LogP contribution in [0.4, 0.5) is 16.5 Å². The summed E-state index contributed by atoms with van der Waals surface area (Å²) in [6.45, 7) is 8.19. The number of benzene rings is 2. The molecule has 3 aromatic rings. The maximum atomic E-state index is 13.2. The van der Waals surface area contributed by atoms with Crippen molar-refractivity contribution in [3.63, 3.8) is 0 Å². The summed E-state index contributed by atoms with van der Waals surface area (Å²) in [5.41, 5.74) is 4.41. The van der Waals surface area contributed by atoms with Crippen molar-refractivity contribution >= 4 is 39.7 Å². The molecule has 0 radical (unpaired) electrons. The first-order valence-electron chi connectivity index (χ1n) is 11.5. The van der Waals surface area contributed by atoms with Crippen LogP contribution in [0, 0.1) is 6.92 Å². The number of nitrogens with zero attached hydrogens (tertiary/aromatic N) is 2. The van der Waals surface area contributed by atoms with Gasteiger partial charge >= 0.3 is 0 Å². The minimum atomic E-state index is -0.311. The Bertz CT molecular complexity index is 1140. The van der Waals surface area contributed by atoms with Crippen molar-refractivity contribution in [1.82, 2.24) is 4.98 Å². The van der Waals surface area contributed by atoms with Gasteiger partial charge in [0.2, 0.25) is 5.91 Å². The second kappa shape index (κ2) is 10.2. The van der Waals surface area contributed by atoms with Crippen molar-refractivity contribution in [3.05, 3.63) is 70.2 Å². The SMILES string of the molecule is CCN(CC)c1ccc(NC(=O)C2CCCc3sc(NC(=O)c4ccccc4)nc32)c(C)c1. The Morgan fingerprint density at radius 1 is 1.09 bits per heavy atom. The normalized spacial score (nSPS) is 14.9. The van der Waals surface area contributed by atoms with E-state index in [2.05, 4.69) is 46.5 Å². The molecule has 1 heterocycles. The van der Waals surface area contributed by atoms with E-state index < -0.39 is 0 Å². The fourth-order valence-electron chi connectivity index (χ4n) is 4.28. The number of carbonyl (C=O) groups excluding carboxylic acids is 2. The van der Waals surface area contributed by atoms with E-state index in [-0.39, 0.29) is 17.7 Å². The monoisotopic (exact) mass is 462 g/mol. The van der Waals surface area contributed by atoms with Crippen LogP contribution in [0.15, 0.2) is 48.5 Å². The molecular weight excluding hydrogens is 432 g/mol. The van der Waals surface area contributed by atoms with Gasteiger partial charge < -0.3 is 10.2 Å². The highest BCUT2D eigenvalue weighted by Crippen LogP contribution is 2.37. The summed E-state index contributed by atoms with van der Waals surface area (Å²) in [6, 6.07) is 15.2. The zero-order chi connectivity index (χ0) is 23.4. The number of thiazole rings is 1. The van der Waals surface area contributed by atoms with Crippen LogP contribution in [0.3, 0.4) is 0 Å². The van der Waals surface area contributed by atoms with Crippen molar-refractivity contribution < 1.29 is 9.59 Å². The molecule has 0 spiro atoms. The number of hydrogen-bond donors (Lipinski definition) is 2. The number of aromatic nitrogens is 1. The summed E-state index contributed by atoms with van der Waals surface area (Å²) in [5.74, 6) is -0.540. The second-order valence-corrected chi connectivity index (χ2v) is 9.34. The van der Waals surface area contributed by atoms with Crippen LogP contribution in [-0.4, -0.2) is 29.9 Å². The average molecular weight is 463 g/mol. The molecule has 0 saturated carbocycles. The van der Waals surface area contributed by atoms with Crippen LogP contribution in [0.25, 0.3) is 0 Å². The van der Waals surface area contributed by atoms with Gasteiger partial charge in [-0.25, -0.2) is 4.98 Å². The smallest absolute Gasteiger partial charge is 0.257 e. The molecule has 4 rings (SSSR count). The van der Waals surface area contributed by atoms with E-state index in [1.165, 1.54) is 11.3 Å². The number of rotatable bonds is 7. The van der Waals surface area contributed by atoms with E-state index in [9.17, 15) is 9.59 Å². The maximum Gasteiger partial charge on any atom is 0.257 e. The van der Waals surface area contributed by atoms with Crippen LogP contribution >= 0.6 is 11.3 Å². The van der Waals surface area contributed by atoms with Crippen molar-refractivity contribution in [2.24, 2.45) is 0 Å². The molecule has 0 bridgehead atoms. The molecule has 1 atom stereocenters. The number of hydrogen-bond acceptors (Lipinski definition) is 5. The quantitative estimate of drug-likeness (QED) is 0.479. The van der Waals surface area contributed by atoms with Crippen molar-refractivity contribution in [2.45, 2.75) is 46.0 Å². The Morgan fingerprint density at radius 2 is 1.85 bits per heavy atom. The number of aryl methyl sites for hydroxylation is 2. The Morgan fingerprint density at radius 3 is 2.55 bits per heavy atom. The summed E-state index contributed by atoms with van der Waals surface area (Å²) in [6.07, 6.45) is 2.57. The summed E-state index contributed by atoms with van der Waals surface area (Å²) in [7, 11) is 0. The van der Waals surface area contributed by atoms with Crippen molar-refractivity contribution in [1.29, 1.82) is 0 Å². The third-order valence-electron chi connectivity index (χ3n) is 6.12. The van der Waals surface area contributed by atoms with E-state index in [1.807, 2.05) is 31.2 Å². The third kappa shape index (κ3) is 5.09. The average Bonchev–Trinajstić information content (AvgIpc) is 3.24. The minimum absolute atomic E-state index is 0.0409. The third-order valence-corrected chi connectivity index (χ3v) is 7.17. The Balaban J connectivity index is 1.49. The summed E-state index contributed by atoms with van der Waals surface area (Å²) >= 11 is 1.47. The molecule has 6 nitrogen and oxygen atoms in total. The van der Waals surface area contributed by atoms with Gasteiger partial charge in [0, 0.05) is 34.9 Å². The molecule has 0 aliphatic heterocycles. The number of nitrogens with one attached hydrogen (secondary N) is 2. The Kier molecular flexibility index (Phi) is 7.08. The standard InChI is InChI=1S/C26H30N4O2S/c1-4-30(5-2)19-14-15-21(17(3)16-19)27-25(32)20-12-9-13-22-23(20)28-26(33-22)29-24(31)18-10-7-6-8-11-18/h6-8,10-11,14-16,20H,4-5,9,12-13H2,1-3H3,(H,27,32)(H,28,29,31). The van der Waals surface area contributed by atoms with E-state index in [0.717, 1.165) is 59.9 Å². The zero-order valence-electron chi connectivity index (χ0n) is 19.4.